The van der Waals surface area contributed by atoms with Gasteiger partial charge in [-0.15, -0.1) is 10.2 Å². The second kappa shape index (κ2) is 9.37. The summed E-state index contributed by atoms with van der Waals surface area (Å²) in [5.74, 6) is 1.42. The first-order valence-corrected chi connectivity index (χ1v) is 10.3. The minimum Gasteiger partial charge on any atom is -0.338 e. The van der Waals surface area contributed by atoms with Gasteiger partial charge in [0.15, 0.2) is 0 Å². The molecule has 0 aliphatic carbocycles. The molecule has 0 spiro atoms. The number of rotatable bonds is 7. The van der Waals surface area contributed by atoms with E-state index < -0.39 is 0 Å². The summed E-state index contributed by atoms with van der Waals surface area (Å²) in [7, 11) is 0. The summed E-state index contributed by atoms with van der Waals surface area (Å²) in [6.45, 7) is 3.01. The zero-order valence-corrected chi connectivity index (χ0v) is 16.6. The average molecular weight is 390 g/mol. The number of nitrogens with zero attached hydrogens (tertiary/aromatic N) is 4. The van der Waals surface area contributed by atoms with E-state index in [-0.39, 0.29) is 6.03 Å². The van der Waals surface area contributed by atoms with E-state index in [2.05, 4.69) is 44.3 Å². The minimum absolute atomic E-state index is 0.0363. The summed E-state index contributed by atoms with van der Waals surface area (Å²) in [6.07, 6.45) is 4.50. The Hall–Kier alpha value is -3.15. The third-order valence-electron chi connectivity index (χ3n) is 5.47. The predicted molar refractivity (Wildman–Crippen MR) is 112 cm³/mol. The standard InChI is InChI=1S/C23H27N5O/c29-23(24-13-11-19-7-3-1-4-8-19)27-14-12-21(17-27)15-22-26-25-18-28(22)16-20-9-5-2-6-10-20/h1-10,18,21H,11-17H2,(H,24,29). The molecule has 1 atom stereocenters. The third-order valence-corrected chi connectivity index (χ3v) is 5.47. The van der Waals surface area contributed by atoms with Crippen LogP contribution in [-0.2, 0) is 19.4 Å². The van der Waals surface area contributed by atoms with Crippen LogP contribution in [0.25, 0.3) is 0 Å². The Kier molecular flexibility index (Phi) is 6.19. The molecule has 1 aromatic heterocycles. The zero-order chi connectivity index (χ0) is 19.9. The maximum atomic E-state index is 12.5. The molecule has 6 nitrogen and oxygen atoms in total. The van der Waals surface area contributed by atoms with Gasteiger partial charge in [0.25, 0.3) is 0 Å². The van der Waals surface area contributed by atoms with Crippen molar-refractivity contribution in [2.45, 2.75) is 25.8 Å². The molecule has 1 N–H and O–H groups in total. The van der Waals surface area contributed by atoms with Gasteiger partial charge in [-0.25, -0.2) is 4.79 Å². The first kappa shape index (κ1) is 19.2. The van der Waals surface area contributed by atoms with Gasteiger partial charge in [-0.1, -0.05) is 60.7 Å². The molecule has 0 radical (unpaired) electrons. The molecule has 1 fully saturated rings. The van der Waals surface area contributed by atoms with Crippen LogP contribution < -0.4 is 5.32 Å². The molecule has 1 aliphatic heterocycles. The van der Waals surface area contributed by atoms with Crippen LogP contribution in [-0.4, -0.2) is 45.3 Å². The average Bonchev–Trinajstić information content (AvgIpc) is 3.40. The van der Waals surface area contributed by atoms with Gasteiger partial charge in [-0.05, 0) is 29.9 Å². The second-order valence-corrected chi connectivity index (χ2v) is 7.63. The molecule has 0 bridgehead atoms. The first-order chi connectivity index (χ1) is 14.3. The van der Waals surface area contributed by atoms with E-state index in [9.17, 15) is 4.79 Å². The van der Waals surface area contributed by atoms with E-state index in [1.165, 1.54) is 11.1 Å². The maximum Gasteiger partial charge on any atom is 0.317 e. The fourth-order valence-corrected chi connectivity index (χ4v) is 3.86. The fraction of sp³-hybridized carbons (Fsp3) is 0.348. The molecular weight excluding hydrogens is 362 g/mol. The molecule has 2 amide bonds. The number of urea groups is 1. The third kappa shape index (κ3) is 5.22. The van der Waals surface area contributed by atoms with Gasteiger partial charge in [0.05, 0.1) is 6.54 Å². The number of amides is 2. The highest BCUT2D eigenvalue weighted by Crippen LogP contribution is 2.20. The van der Waals surface area contributed by atoms with Crippen molar-refractivity contribution in [3.8, 4) is 0 Å². The van der Waals surface area contributed by atoms with Crippen molar-refractivity contribution in [1.82, 2.24) is 25.0 Å². The van der Waals surface area contributed by atoms with Gasteiger partial charge in [-0.2, -0.15) is 0 Å². The maximum absolute atomic E-state index is 12.5. The SMILES string of the molecule is O=C(NCCc1ccccc1)N1CCC(Cc2nncn2Cc2ccccc2)C1. The summed E-state index contributed by atoms with van der Waals surface area (Å²) >= 11 is 0. The molecular formula is C23H27N5O. The highest BCUT2D eigenvalue weighted by Gasteiger charge is 2.27. The molecule has 29 heavy (non-hydrogen) atoms. The summed E-state index contributed by atoms with van der Waals surface area (Å²) in [6, 6.07) is 20.6. The summed E-state index contributed by atoms with van der Waals surface area (Å²) in [5.41, 5.74) is 2.48. The quantitative estimate of drug-likeness (QED) is 0.675. The first-order valence-electron chi connectivity index (χ1n) is 10.3. The van der Waals surface area contributed by atoms with Crippen LogP contribution >= 0.6 is 0 Å². The second-order valence-electron chi connectivity index (χ2n) is 7.63. The molecule has 2 aromatic carbocycles. The Morgan fingerprint density at radius 1 is 1.03 bits per heavy atom. The minimum atomic E-state index is 0.0363. The van der Waals surface area contributed by atoms with Crippen LogP contribution in [0.2, 0.25) is 0 Å². The van der Waals surface area contributed by atoms with E-state index >= 15 is 0 Å². The topological polar surface area (TPSA) is 63.1 Å². The van der Waals surface area contributed by atoms with Crippen molar-refractivity contribution in [3.63, 3.8) is 0 Å². The van der Waals surface area contributed by atoms with Crippen molar-refractivity contribution in [3.05, 3.63) is 83.9 Å². The highest BCUT2D eigenvalue weighted by atomic mass is 16.2. The Labute approximate surface area is 171 Å². The molecule has 1 saturated heterocycles. The molecule has 4 rings (SSSR count). The number of nitrogens with one attached hydrogen (secondary N) is 1. The Balaban J connectivity index is 1.25. The van der Waals surface area contributed by atoms with Gasteiger partial charge in [-0.3, -0.25) is 0 Å². The fourth-order valence-electron chi connectivity index (χ4n) is 3.86. The lowest BCUT2D eigenvalue weighted by Gasteiger charge is -2.17. The number of aromatic nitrogens is 3. The molecule has 6 heteroatoms. The van der Waals surface area contributed by atoms with E-state index in [4.69, 9.17) is 0 Å². The number of likely N-dealkylation sites (tertiary alicyclic amines) is 1. The van der Waals surface area contributed by atoms with Crippen LogP contribution in [0.15, 0.2) is 67.0 Å². The lowest BCUT2D eigenvalue weighted by molar-refractivity contribution is 0.207. The zero-order valence-electron chi connectivity index (χ0n) is 16.6. The van der Waals surface area contributed by atoms with Gasteiger partial charge in [0, 0.05) is 26.1 Å². The van der Waals surface area contributed by atoms with Gasteiger partial charge in [0.2, 0.25) is 0 Å². The van der Waals surface area contributed by atoms with Crippen molar-refractivity contribution in [2.75, 3.05) is 19.6 Å². The van der Waals surface area contributed by atoms with Gasteiger partial charge >= 0.3 is 6.03 Å². The predicted octanol–water partition coefficient (Wildman–Crippen LogP) is 3.14. The van der Waals surface area contributed by atoms with Crippen LogP contribution in [0, 0.1) is 5.92 Å². The monoisotopic (exact) mass is 389 g/mol. The number of benzene rings is 2. The molecule has 1 unspecified atom stereocenters. The van der Waals surface area contributed by atoms with Crippen molar-refractivity contribution < 1.29 is 4.79 Å². The van der Waals surface area contributed by atoms with Gasteiger partial charge < -0.3 is 14.8 Å². The molecule has 0 saturated carbocycles. The molecule has 2 heterocycles. The molecule has 150 valence electrons. The Morgan fingerprint density at radius 3 is 2.52 bits per heavy atom. The molecule has 3 aromatic rings. The van der Waals surface area contributed by atoms with Crippen molar-refractivity contribution in [1.29, 1.82) is 0 Å². The highest BCUT2D eigenvalue weighted by molar-refractivity contribution is 5.74. The van der Waals surface area contributed by atoms with Crippen LogP contribution in [0.4, 0.5) is 4.79 Å². The summed E-state index contributed by atoms with van der Waals surface area (Å²) in [5, 5.41) is 11.5. The number of hydrogen-bond donors (Lipinski definition) is 1. The van der Waals surface area contributed by atoms with E-state index in [0.29, 0.717) is 12.5 Å². The Bertz CT molecular complexity index is 909. The normalized spacial score (nSPS) is 16.1. The molecule has 1 aliphatic rings. The van der Waals surface area contributed by atoms with Crippen LogP contribution in [0.5, 0.6) is 0 Å². The lowest BCUT2D eigenvalue weighted by atomic mass is 10.0. The Morgan fingerprint density at radius 2 is 1.76 bits per heavy atom. The smallest absolute Gasteiger partial charge is 0.317 e. The van der Waals surface area contributed by atoms with Gasteiger partial charge in [0.1, 0.15) is 12.2 Å². The van der Waals surface area contributed by atoms with Crippen molar-refractivity contribution in [2.24, 2.45) is 5.92 Å². The van der Waals surface area contributed by atoms with Crippen LogP contribution in [0.3, 0.4) is 0 Å². The van der Waals surface area contributed by atoms with Crippen molar-refractivity contribution >= 4 is 6.03 Å². The van der Waals surface area contributed by atoms with E-state index in [1.54, 1.807) is 6.33 Å². The summed E-state index contributed by atoms with van der Waals surface area (Å²) in [4.78, 5) is 14.4. The number of carbonyl (C=O) groups excluding carboxylic acids is 1. The lowest BCUT2D eigenvalue weighted by Crippen LogP contribution is -2.39. The summed E-state index contributed by atoms with van der Waals surface area (Å²) < 4.78 is 2.11. The van der Waals surface area contributed by atoms with E-state index in [1.807, 2.05) is 41.3 Å². The number of hydrogen-bond acceptors (Lipinski definition) is 3. The van der Waals surface area contributed by atoms with Crippen LogP contribution in [0.1, 0.15) is 23.4 Å². The number of carbonyl (C=O) groups is 1. The van der Waals surface area contributed by atoms with E-state index in [0.717, 1.165) is 44.7 Å². The largest absolute Gasteiger partial charge is 0.338 e.